The number of carbonyl (C=O) groups excluding carboxylic acids is 3. The topological polar surface area (TPSA) is 81.8 Å². The number of rotatable bonds is 3. The van der Waals surface area contributed by atoms with E-state index in [9.17, 15) is 14.4 Å². The molecule has 2 N–H and O–H groups in total. The van der Waals surface area contributed by atoms with Crippen LogP contribution in [0.5, 0.6) is 0 Å². The van der Waals surface area contributed by atoms with Crippen LogP contribution in [-0.2, 0) is 17.6 Å². The molecule has 4 amide bonds. The summed E-state index contributed by atoms with van der Waals surface area (Å²) >= 11 is 0. The third-order valence-electron chi connectivity index (χ3n) is 5.62. The van der Waals surface area contributed by atoms with E-state index in [1.165, 1.54) is 16.0 Å². The molecule has 7 nitrogen and oxygen atoms in total. The van der Waals surface area contributed by atoms with Crippen LogP contribution in [0, 0.1) is 0 Å². The number of likely N-dealkylation sites (tertiary alicyclic amines) is 1. The first-order valence-electron chi connectivity index (χ1n) is 9.25. The number of likely N-dealkylation sites (N-methyl/N-ethyl adjacent to an activating group) is 1. The van der Waals surface area contributed by atoms with Gasteiger partial charge in [0.2, 0.25) is 5.91 Å². The first kappa shape index (κ1) is 16.9. The first-order chi connectivity index (χ1) is 12.5. The van der Waals surface area contributed by atoms with Crippen molar-refractivity contribution in [2.45, 2.75) is 37.8 Å². The van der Waals surface area contributed by atoms with Crippen molar-refractivity contribution in [1.82, 2.24) is 20.4 Å². The summed E-state index contributed by atoms with van der Waals surface area (Å²) in [6.07, 6.45) is 3.85. The molecule has 0 radical (unpaired) electrons. The van der Waals surface area contributed by atoms with Gasteiger partial charge in [0.15, 0.2) is 0 Å². The minimum Gasteiger partial charge on any atom is -0.347 e. The maximum absolute atomic E-state index is 12.7. The van der Waals surface area contributed by atoms with E-state index < -0.39 is 6.04 Å². The molecule has 138 valence electrons. The van der Waals surface area contributed by atoms with E-state index in [4.69, 9.17) is 0 Å². The van der Waals surface area contributed by atoms with Crippen LogP contribution in [0.25, 0.3) is 0 Å². The zero-order valence-electron chi connectivity index (χ0n) is 15.0. The molecule has 7 heteroatoms. The Morgan fingerprint density at radius 1 is 1.23 bits per heavy atom. The molecule has 0 saturated carbocycles. The van der Waals surface area contributed by atoms with Gasteiger partial charge in [-0.2, -0.15) is 0 Å². The fraction of sp³-hybridized carbons (Fsp3) is 0.526. The van der Waals surface area contributed by atoms with E-state index in [0.29, 0.717) is 19.6 Å². The van der Waals surface area contributed by atoms with Gasteiger partial charge in [-0.15, -0.1) is 0 Å². The number of urea groups is 1. The predicted octanol–water partition coefficient (Wildman–Crippen LogP) is 0.530. The van der Waals surface area contributed by atoms with Gasteiger partial charge in [0.1, 0.15) is 6.04 Å². The average molecular weight is 356 g/mol. The van der Waals surface area contributed by atoms with E-state index in [1.54, 1.807) is 11.9 Å². The van der Waals surface area contributed by atoms with E-state index in [-0.39, 0.29) is 23.9 Å². The molecule has 1 aromatic rings. The second-order valence-corrected chi connectivity index (χ2v) is 7.42. The Bertz CT molecular complexity index is 763. The summed E-state index contributed by atoms with van der Waals surface area (Å²) in [4.78, 5) is 40.1. The Kier molecular flexibility index (Phi) is 4.30. The summed E-state index contributed by atoms with van der Waals surface area (Å²) < 4.78 is 0. The van der Waals surface area contributed by atoms with Gasteiger partial charge in [0.05, 0.1) is 6.54 Å². The van der Waals surface area contributed by atoms with E-state index >= 15 is 0 Å². The quantitative estimate of drug-likeness (QED) is 0.829. The lowest BCUT2D eigenvalue weighted by molar-refractivity contribution is -0.131. The Morgan fingerprint density at radius 3 is 2.85 bits per heavy atom. The first-order valence-corrected chi connectivity index (χ1v) is 9.25. The summed E-state index contributed by atoms with van der Waals surface area (Å²) in [5.41, 5.74) is 3.23. The Labute approximate surface area is 152 Å². The molecular formula is C19H24N4O3. The molecule has 26 heavy (non-hydrogen) atoms. The lowest BCUT2D eigenvalue weighted by Gasteiger charge is -2.20. The molecular weight excluding hydrogens is 332 g/mol. The average Bonchev–Trinajstić information content (AvgIpc) is 3.34. The predicted molar refractivity (Wildman–Crippen MR) is 95.9 cm³/mol. The Balaban J connectivity index is 1.36. The van der Waals surface area contributed by atoms with E-state index in [0.717, 1.165) is 31.2 Å². The SMILES string of the molecule is CN1CC(C(=O)N2CC[C@@H](NC(=O)c3cccc4c3CCC4)C2)NC1=O. The van der Waals surface area contributed by atoms with Crippen LogP contribution in [0.4, 0.5) is 4.79 Å². The van der Waals surface area contributed by atoms with Crippen molar-refractivity contribution >= 4 is 17.8 Å². The van der Waals surface area contributed by atoms with E-state index in [1.807, 2.05) is 12.1 Å². The highest BCUT2D eigenvalue weighted by molar-refractivity contribution is 5.96. The minimum absolute atomic E-state index is 0.0430. The highest BCUT2D eigenvalue weighted by Crippen LogP contribution is 2.25. The largest absolute Gasteiger partial charge is 0.347 e. The zero-order valence-corrected chi connectivity index (χ0v) is 15.0. The van der Waals surface area contributed by atoms with Gasteiger partial charge in [-0.25, -0.2) is 4.79 Å². The smallest absolute Gasteiger partial charge is 0.317 e. The second kappa shape index (κ2) is 6.63. The van der Waals surface area contributed by atoms with Gasteiger partial charge in [0, 0.05) is 31.7 Å². The van der Waals surface area contributed by atoms with Crippen LogP contribution < -0.4 is 10.6 Å². The Hall–Kier alpha value is -2.57. The van der Waals surface area contributed by atoms with Gasteiger partial charge in [0.25, 0.3) is 5.91 Å². The van der Waals surface area contributed by atoms with Crippen molar-refractivity contribution in [3.05, 3.63) is 34.9 Å². The molecule has 2 atom stereocenters. The van der Waals surface area contributed by atoms with Gasteiger partial charge >= 0.3 is 6.03 Å². The fourth-order valence-electron chi connectivity index (χ4n) is 4.20. The van der Waals surface area contributed by atoms with Crippen molar-refractivity contribution < 1.29 is 14.4 Å². The number of carbonyl (C=O) groups is 3. The van der Waals surface area contributed by atoms with Gasteiger partial charge in [-0.1, -0.05) is 12.1 Å². The second-order valence-electron chi connectivity index (χ2n) is 7.42. The third-order valence-corrected chi connectivity index (χ3v) is 5.62. The van der Waals surface area contributed by atoms with Gasteiger partial charge in [-0.3, -0.25) is 9.59 Å². The summed E-state index contributed by atoms with van der Waals surface area (Å²) in [6, 6.07) is 5.19. The molecule has 2 fully saturated rings. The number of fused-ring (bicyclic) bond motifs is 1. The summed E-state index contributed by atoms with van der Waals surface area (Å²) in [5.74, 6) is -0.114. The van der Waals surface area contributed by atoms with Crippen LogP contribution in [0.15, 0.2) is 18.2 Å². The summed E-state index contributed by atoms with van der Waals surface area (Å²) in [7, 11) is 1.67. The Morgan fingerprint density at radius 2 is 2.08 bits per heavy atom. The van der Waals surface area contributed by atoms with Crippen molar-refractivity contribution in [3.8, 4) is 0 Å². The van der Waals surface area contributed by atoms with Crippen molar-refractivity contribution in [3.63, 3.8) is 0 Å². The number of hydrogen-bond donors (Lipinski definition) is 2. The molecule has 0 aromatic heterocycles. The molecule has 2 aliphatic heterocycles. The number of aryl methyl sites for hydroxylation is 1. The highest BCUT2D eigenvalue weighted by Gasteiger charge is 2.37. The van der Waals surface area contributed by atoms with Gasteiger partial charge in [-0.05, 0) is 42.9 Å². The molecule has 1 aromatic carbocycles. The molecule has 2 saturated heterocycles. The standard InChI is InChI=1S/C19H24N4O3/c1-22-11-16(21-19(22)26)18(25)23-9-8-13(10-23)20-17(24)15-7-3-5-12-4-2-6-14(12)15/h3,5,7,13,16H,2,4,6,8-11H2,1H3,(H,20,24)(H,21,26)/t13-,16?/m1/s1. The van der Waals surface area contributed by atoms with Crippen LogP contribution in [0.2, 0.25) is 0 Å². The number of nitrogens with zero attached hydrogens (tertiary/aromatic N) is 2. The highest BCUT2D eigenvalue weighted by atomic mass is 16.2. The molecule has 0 spiro atoms. The molecule has 1 aliphatic carbocycles. The number of hydrogen-bond acceptors (Lipinski definition) is 3. The molecule has 0 bridgehead atoms. The fourth-order valence-corrected chi connectivity index (χ4v) is 4.20. The lowest BCUT2D eigenvalue weighted by atomic mass is 10.0. The van der Waals surface area contributed by atoms with Crippen LogP contribution in [0.3, 0.4) is 0 Å². The molecule has 3 aliphatic rings. The summed E-state index contributed by atoms with van der Waals surface area (Å²) in [6.45, 7) is 1.49. The van der Waals surface area contributed by atoms with Crippen molar-refractivity contribution in [2.75, 3.05) is 26.7 Å². The minimum atomic E-state index is -0.487. The van der Waals surface area contributed by atoms with E-state index in [2.05, 4.69) is 16.7 Å². The van der Waals surface area contributed by atoms with Crippen LogP contribution in [-0.4, -0.2) is 66.4 Å². The lowest BCUT2D eigenvalue weighted by Crippen LogP contribution is -2.46. The number of amides is 4. The van der Waals surface area contributed by atoms with Crippen molar-refractivity contribution in [1.29, 1.82) is 0 Å². The van der Waals surface area contributed by atoms with Crippen LogP contribution >= 0.6 is 0 Å². The maximum Gasteiger partial charge on any atom is 0.317 e. The third kappa shape index (κ3) is 3.02. The molecule has 4 rings (SSSR count). The summed E-state index contributed by atoms with van der Waals surface area (Å²) in [5, 5.41) is 5.79. The van der Waals surface area contributed by atoms with Crippen LogP contribution in [0.1, 0.15) is 34.3 Å². The molecule has 2 heterocycles. The van der Waals surface area contributed by atoms with Crippen molar-refractivity contribution in [2.24, 2.45) is 0 Å². The number of nitrogens with one attached hydrogen (secondary N) is 2. The normalized spacial score (nSPS) is 24.6. The monoisotopic (exact) mass is 356 g/mol. The maximum atomic E-state index is 12.7. The molecule has 1 unspecified atom stereocenters. The van der Waals surface area contributed by atoms with Gasteiger partial charge < -0.3 is 20.4 Å². The number of benzene rings is 1. The zero-order chi connectivity index (χ0) is 18.3.